The molecule has 0 unspecified atom stereocenters. The van der Waals surface area contributed by atoms with Crippen molar-refractivity contribution in [2.24, 2.45) is 5.41 Å². The molecule has 0 bridgehead atoms. The van der Waals surface area contributed by atoms with Crippen molar-refractivity contribution in [1.82, 2.24) is 9.38 Å². The maximum atomic E-state index is 11.4. The minimum atomic E-state index is -0.661. The van der Waals surface area contributed by atoms with E-state index in [1.165, 1.54) is 0 Å². The van der Waals surface area contributed by atoms with Crippen LogP contribution >= 0.6 is 11.3 Å². The van der Waals surface area contributed by atoms with Crippen molar-refractivity contribution in [1.29, 1.82) is 0 Å². The van der Waals surface area contributed by atoms with Gasteiger partial charge in [0.2, 0.25) is 0 Å². The van der Waals surface area contributed by atoms with Crippen LogP contribution in [0.15, 0.2) is 17.8 Å². The Bertz CT molecular complexity index is 523. The fourth-order valence-corrected chi connectivity index (χ4v) is 3.44. The van der Waals surface area contributed by atoms with Gasteiger partial charge in [0.25, 0.3) is 0 Å². The van der Waals surface area contributed by atoms with Crippen molar-refractivity contribution in [3.63, 3.8) is 0 Å². The van der Waals surface area contributed by atoms with Gasteiger partial charge in [-0.25, -0.2) is 4.98 Å². The summed E-state index contributed by atoms with van der Waals surface area (Å²) in [5, 5.41) is 11.4. The second kappa shape index (κ2) is 3.84. The number of nitrogens with zero attached hydrogens (tertiary/aromatic N) is 2. The molecule has 1 N–H and O–H groups in total. The van der Waals surface area contributed by atoms with Crippen molar-refractivity contribution in [3.05, 3.63) is 23.5 Å². The van der Waals surface area contributed by atoms with Crippen LogP contribution in [0.5, 0.6) is 0 Å². The molecule has 1 saturated carbocycles. The summed E-state index contributed by atoms with van der Waals surface area (Å²) >= 11 is 1.58. The van der Waals surface area contributed by atoms with E-state index in [1.807, 2.05) is 22.2 Å². The number of fused-ring (bicyclic) bond motifs is 1. The van der Waals surface area contributed by atoms with E-state index in [0.29, 0.717) is 6.42 Å². The first-order valence-electron chi connectivity index (χ1n) is 5.84. The first-order chi connectivity index (χ1) is 8.20. The minimum absolute atomic E-state index is 0.565. The Labute approximate surface area is 103 Å². The van der Waals surface area contributed by atoms with Gasteiger partial charge in [0.05, 0.1) is 11.1 Å². The standard InChI is InChI=1S/C12H14N2O2S/c15-10(16)12(3-1-2-4-12)7-9-8-14-5-6-17-11(14)13-9/h5-6,8H,1-4,7H2,(H,15,16). The van der Waals surface area contributed by atoms with E-state index in [2.05, 4.69) is 4.98 Å². The lowest BCUT2D eigenvalue weighted by Gasteiger charge is -2.22. The van der Waals surface area contributed by atoms with Crippen LogP contribution in [0.25, 0.3) is 4.96 Å². The van der Waals surface area contributed by atoms with Gasteiger partial charge in [-0.05, 0) is 12.8 Å². The normalized spacial score (nSPS) is 18.8. The molecule has 4 nitrogen and oxygen atoms in total. The molecule has 1 aliphatic rings. The number of imidazole rings is 1. The molecular weight excluding hydrogens is 236 g/mol. The lowest BCUT2D eigenvalue weighted by molar-refractivity contribution is -0.148. The fraction of sp³-hybridized carbons (Fsp3) is 0.500. The van der Waals surface area contributed by atoms with Gasteiger partial charge in [-0.15, -0.1) is 11.3 Å². The van der Waals surface area contributed by atoms with Crippen LogP contribution < -0.4 is 0 Å². The number of carbonyl (C=O) groups is 1. The maximum Gasteiger partial charge on any atom is 0.310 e. The Balaban J connectivity index is 1.90. The monoisotopic (exact) mass is 250 g/mol. The van der Waals surface area contributed by atoms with E-state index < -0.39 is 11.4 Å². The van der Waals surface area contributed by atoms with Crippen LogP contribution in [0.4, 0.5) is 0 Å². The second-order valence-corrected chi connectivity index (χ2v) is 5.67. The van der Waals surface area contributed by atoms with Crippen molar-refractivity contribution in [3.8, 4) is 0 Å². The highest BCUT2D eigenvalue weighted by molar-refractivity contribution is 7.15. The summed E-state index contributed by atoms with van der Waals surface area (Å²) < 4.78 is 1.96. The molecule has 90 valence electrons. The molecule has 0 aliphatic heterocycles. The molecule has 2 heterocycles. The Kier molecular flexibility index (Phi) is 2.43. The van der Waals surface area contributed by atoms with Crippen molar-refractivity contribution in [2.75, 3.05) is 0 Å². The SMILES string of the molecule is O=C(O)C1(Cc2cn3ccsc3n2)CCCC1. The summed E-state index contributed by atoms with van der Waals surface area (Å²) in [5.74, 6) is -0.661. The van der Waals surface area contributed by atoms with Crippen LogP contribution in [-0.4, -0.2) is 20.5 Å². The van der Waals surface area contributed by atoms with Crippen molar-refractivity contribution < 1.29 is 9.90 Å². The molecule has 5 heteroatoms. The zero-order chi connectivity index (χ0) is 11.9. The van der Waals surface area contributed by atoms with Crippen LogP contribution in [0.3, 0.4) is 0 Å². The molecule has 3 rings (SSSR count). The lowest BCUT2D eigenvalue weighted by Crippen LogP contribution is -2.30. The molecular formula is C12H14N2O2S. The number of aliphatic carboxylic acids is 1. The molecule has 0 aromatic carbocycles. The number of rotatable bonds is 3. The zero-order valence-corrected chi connectivity index (χ0v) is 10.2. The molecule has 0 amide bonds. The number of hydrogen-bond donors (Lipinski definition) is 1. The molecule has 1 fully saturated rings. The molecule has 0 spiro atoms. The van der Waals surface area contributed by atoms with Gasteiger partial charge in [0.1, 0.15) is 0 Å². The number of aromatic nitrogens is 2. The average molecular weight is 250 g/mol. The fourth-order valence-electron chi connectivity index (χ4n) is 2.73. The first kappa shape index (κ1) is 10.8. The molecule has 1 aliphatic carbocycles. The van der Waals surface area contributed by atoms with Crippen LogP contribution in [0, 0.1) is 5.41 Å². The summed E-state index contributed by atoms with van der Waals surface area (Å²) in [4.78, 5) is 16.9. The van der Waals surface area contributed by atoms with Crippen LogP contribution in [0.2, 0.25) is 0 Å². The number of carboxylic acids is 1. The molecule has 2 aromatic rings. The van der Waals surface area contributed by atoms with Gasteiger partial charge in [0.15, 0.2) is 4.96 Å². The average Bonchev–Trinajstić information content (AvgIpc) is 2.92. The highest BCUT2D eigenvalue weighted by Crippen LogP contribution is 2.41. The first-order valence-corrected chi connectivity index (χ1v) is 6.72. The third kappa shape index (κ3) is 1.74. The molecule has 2 aromatic heterocycles. The van der Waals surface area contributed by atoms with Gasteiger partial charge in [-0.1, -0.05) is 12.8 Å². The summed E-state index contributed by atoms with van der Waals surface area (Å²) in [6.07, 6.45) is 8.09. The van der Waals surface area contributed by atoms with Crippen LogP contribution in [0.1, 0.15) is 31.4 Å². The van der Waals surface area contributed by atoms with Crippen molar-refractivity contribution in [2.45, 2.75) is 32.1 Å². The molecule has 0 saturated heterocycles. The largest absolute Gasteiger partial charge is 0.481 e. The Morgan fingerprint density at radius 3 is 2.94 bits per heavy atom. The lowest BCUT2D eigenvalue weighted by atomic mass is 9.82. The Morgan fingerprint density at radius 1 is 1.53 bits per heavy atom. The quantitative estimate of drug-likeness (QED) is 0.911. The smallest absolute Gasteiger partial charge is 0.310 e. The molecule has 0 radical (unpaired) electrons. The van der Waals surface area contributed by atoms with Gasteiger partial charge in [0, 0.05) is 24.2 Å². The Hall–Kier alpha value is -1.36. The summed E-state index contributed by atoms with van der Waals surface area (Å²) in [6.45, 7) is 0. The predicted octanol–water partition coefficient (Wildman–Crippen LogP) is 2.58. The minimum Gasteiger partial charge on any atom is -0.481 e. The topological polar surface area (TPSA) is 54.6 Å². The van der Waals surface area contributed by atoms with E-state index in [0.717, 1.165) is 36.3 Å². The van der Waals surface area contributed by atoms with Gasteiger partial charge >= 0.3 is 5.97 Å². The molecule has 17 heavy (non-hydrogen) atoms. The summed E-state index contributed by atoms with van der Waals surface area (Å²) in [6, 6.07) is 0. The number of carboxylic acid groups (broad SMARTS) is 1. The third-order valence-electron chi connectivity index (χ3n) is 3.68. The van der Waals surface area contributed by atoms with E-state index in [-0.39, 0.29) is 0 Å². The van der Waals surface area contributed by atoms with E-state index in [9.17, 15) is 9.90 Å². The summed E-state index contributed by atoms with van der Waals surface area (Å²) in [5.41, 5.74) is 0.338. The molecule has 0 atom stereocenters. The van der Waals surface area contributed by atoms with E-state index in [4.69, 9.17) is 0 Å². The second-order valence-electron chi connectivity index (χ2n) is 4.79. The van der Waals surface area contributed by atoms with Crippen LogP contribution in [-0.2, 0) is 11.2 Å². The predicted molar refractivity (Wildman–Crippen MR) is 65.3 cm³/mol. The third-order valence-corrected chi connectivity index (χ3v) is 4.45. The van der Waals surface area contributed by atoms with Gasteiger partial charge in [-0.2, -0.15) is 0 Å². The van der Waals surface area contributed by atoms with Gasteiger partial charge in [-0.3, -0.25) is 9.20 Å². The zero-order valence-electron chi connectivity index (χ0n) is 9.43. The highest BCUT2D eigenvalue weighted by Gasteiger charge is 2.41. The highest BCUT2D eigenvalue weighted by atomic mass is 32.1. The van der Waals surface area contributed by atoms with Gasteiger partial charge < -0.3 is 5.11 Å². The Morgan fingerprint density at radius 2 is 2.29 bits per heavy atom. The summed E-state index contributed by atoms with van der Waals surface area (Å²) in [7, 11) is 0. The van der Waals surface area contributed by atoms with E-state index >= 15 is 0 Å². The van der Waals surface area contributed by atoms with E-state index in [1.54, 1.807) is 11.3 Å². The maximum absolute atomic E-state index is 11.4. The number of thiazole rings is 1. The van der Waals surface area contributed by atoms with Crippen molar-refractivity contribution >= 4 is 22.3 Å². The number of hydrogen-bond acceptors (Lipinski definition) is 3.